The fourth-order valence-corrected chi connectivity index (χ4v) is 3.85. The Kier molecular flexibility index (Phi) is 3.53. The third-order valence-electron chi connectivity index (χ3n) is 5.54. The van der Waals surface area contributed by atoms with Crippen molar-refractivity contribution in [3.05, 3.63) is 47.9 Å². The molecule has 0 amide bonds. The third-order valence-corrected chi connectivity index (χ3v) is 5.54. The molecule has 2 aliphatic rings. The summed E-state index contributed by atoms with van der Waals surface area (Å²) in [7, 11) is 0. The Bertz CT molecular complexity index is 936. The lowest BCUT2D eigenvalue weighted by Gasteiger charge is -2.43. The lowest BCUT2D eigenvalue weighted by molar-refractivity contribution is 0.0979. The number of hydrogen-bond donors (Lipinski definition) is 2. The number of H-pyrrole nitrogens is 1. The molecule has 6 heteroatoms. The summed E-state index contributed by atoms with van der Waals surface area (Å²) in [5, 5.41) is 9.84. The van der Waals surface area contributed by atoms with E-state index in [1.54, 1.807) is 6.20 Å². The van der Waals surface area contributed by atoms with Gasteiger partial charge in [-0.05, 0) is 26.2 Å². The second-order valence-corrected chi connectivity index (χ2v) is 7.13. The Labute approximate surface area is 152 Å². The molecule has 1 fully saturated rings. The van der Waals surface area contributed by atoms with Crippen LogP contribution in [-0.2, 0) is 12.8 Å². The highest BCUT2D eigenvalue weighted by atomic mass is 16.3. The number of aromatic amines is 1. The summed E-state index contributed by atoms with van der Waals surface area (Å²) in [6.45, 7) is 2.62. The quantitative estimate of drug-likeness (QED) is 0.761. The molecular formula is C20H21N5O. The Morgan fingerprint density at radius 2 is 1.92 bits per heavy atom. The standard InChI is InChI=1S/C20H21N5O/c1-12-17(26)11-25(12)20-23-16-4-2-3-15(16)18(24-20)13-5-7-14(8-6-13)19-21-9-10-22-19/h5-10,12,17,26H,2-4,11H2,1H3,(H,21,22)/t12-,17+/m0/s1. The van der Waals surface area contributed by atoms with Gasteiger partial charge in [-0.15, -0.1) is 0 Å². The van der Waals surface area contributed by atoms with Crippen molar-refractivity contribution in [2.24, 2.45) is 0 Å². The molecule has 1 aromatic carbocycles. The lowest BCUT2D eigenvalue weighted by Crippen LogP contribution is -2.59. The summed E-state index contributed by atoms with van der Waals surface area (Å²) >= 11 is 0. The van der Waals surface area contributed by atoms with Crippen molar-refractivity contribution >= 4 is 5.95 Å². The maximum atomic E-state index is 9.84. The molecule has 3 heterocycles. The van der Waals surface area contributed by atoms with Crippen LogP contribution in [0.1, 0.15) is 24.6 Å². The Hall–Kier alpha value is -2.73. The maximum absolute atomic E-state index is 9.84. The van der Waals surface area contributed by atoms with Crippen molar-refractivity contribution in [1.29, 1.82) is 0 Å². The van der Waals surface area contributed by atoms with Gasteiger partial charge in [0.2, 0.25) is 5.95 Å². The van der Waals surface area contributed by atoms with Gasteiger partial charge in [0.15, 0.2) is 0 Å². The second kappa shape index (κ2) is 5.92. The number of fused-ring (bicyclic) bond motifs is 1. The number of β-amino-alcohol motifs (C(OH)–C–C–N with tert-alkyl or cyclic N) is 1. The average molecular weight is 347 g/mol. The van der Waals surface area contributed by atoms with Crippen molar-refractivity contribution in [3.8, 4) is 22.6 Å². The fraction of sp³-hybridized carbons (Fsp3) is 0.350. The summed E-state index contributed by atoms with van der Waals surface area (Å²) in [6, 6.07) is 8.44. The Morgan fingerprint density at radius 3 is 2.62 bits per heavy atom. The van der Waals surface area contributed by atoms with Crippen LogP contribution in [0.25, 0.3) is 22.6 Å². The molecule has 2 atom stereocenters. The van der Waals surface area contributed by atoms with Crippen molar-refractivity contribution in [1.82, 2.24) is 19.9 Å². The molecule has 3 aromatic rings. The molecule has 26 heavy (non-hydrogen) atoms. The van der Waals surface area contributed by atoms with E-state index in [-0.39, 0.29) is 12.1 Å². The van der Waals surface area contributed by atoms with E-state index in [9.17, 15) is 5.11 Å². The largest absolute Gasteiger partial charge is 0.389 e. The van der Waals surface area contributed by atoms with E-state index in [1.807, 2.05) is 13.1 Å². The zero-order valence-corrected chi connectivity index (χ0v) is 14.7. The first-order chi connectivity index (χ1) is 12.7. The molecule has 0 saturated carbocycles. The fourth-order valence-electron chi connectivity index (χ4n) is 3.85. The number of hydrogen-bond acceptors (Lipinski definition) is 5. The highest BCUT2D eigenvalue weighted by molar-refractivity contribution is 5.69. The summed E-state index contributed by atoms with van der Waals surface area (Å²) < 4.78 is 0. The van der Waals surface area contributed by atoms with Crippen molar-refractivity contribution in [2.45, 2.75) is 38.3 Å². The monoisotopic (exact) mass is 347 g/mol. The summed E-state index contributed by atoms with van der Waals surface area (Å²) in [5.74, 6) is 1.61. The van der Waals surface area contributed by atoms with Gasteiger partial charge in [-0.3, -0.25) is 0 Å². The number of aromatic nitrogens is 4. The molecule has 6 nitrogen and oxygen atoms in total. The zero-order chi connectivity index (χ0) is 17.7. The van der Waals surface area contributed by atoms with Crippen molar-refractivity contribution in [2.75, 3.05) is 11.4 Å². The van der Waals surface area contributed by atoms with Gasteiger partial charge < -0.3 is 15.0 Å². The van der Waals surface area contributed by atoms with Crippen LogP contribution < -0.4 is 4.90 Å². The van der Waals surface area contributed by atoms with Crippen LogP contribution in [-0.4, -0.2) is 43.7 Å². The van der Waals surface area contributed by atoms with E-state index in [4.69, 9.17) is 9.97 Å². The summed E-state index contributed by atoms with van der Waals surface area (Å²) in [4.78, 5) is 19.2. The molecule has 0 radical (unpaired) electrons. The first kappa shape index (κ1) is 15.5. The SMILES string of the molecule is C[C@H]1[C@H](O)CN1c1nc2c(c(-c3ccc(-c4ncc[nH]4)cc3)n1)CCC2. The van der Waals surface area contributed by atoms with Crippen molar-refractivity contribution < 1.29 is 5.11 Å². The number of aliphatic hydroxyl groups is 1. The molecular weight excluding hydrogens is 326 g/mol. The summed E-state index contributed by atoms with van der Waals surface area (Å²) in [5.41, 5.74) is 5.63. The van der Waals surface area contributed by atoms with Gasteiger partial charge >= 0.3 is 0 Å². The number of aliphatic hydroxyl groups excluding tert-OH is 1. The van der Waals surface area contributed by atoms with Gasteiger partial charge in [0.25, 0.3) is 0 Å². The van der Waals surface area contributed by atoms with Gasteiger partial charge in [-0.1, -0.05) is 24.3 Å². The Balaban J connectivity index is 1.55. The van der Waals surface area contributed by atoms with Gasteiger partial charge in [-0.25, -0.2) is 15.0 Å². The number of anilines is 1. The first-order valence-corrected chi connectivity index (χ1v) is 9.15. The predicted octanol–water partition coefficient (Wildman–Crippen LogP) is 2.59. The number of imidazole rings is 1. The Morgan fingerprint density at radius 1 is 1.12 bits per heavy atom. The highest BCUT2D eigenvalue weighted by Gasteiger charge is 2.36. The van der Waals surface area contributed by atoms with E-state index in [1.165, 1.54) is 5.56 Å². The van der Waals surface area contributed by atoms with Gasteiger partial charge in [0.05, 0.1) is 17.8 Å². The second-order valence-electron chi connectivity index (χ2n) is 7.13. The van der Waals surface area contributed by atoms with Gasteiger partial charge in [-0.2, -0.15) is 0 Å². The van der Waals surface area contributed by atoms with Crippen LogP contribution in [0.2, 0.25) is 0 Å². The number of nitrogens with one attached hydrogen (secondary N) is 1. The minimum Gasteiger partial charge on any atom is -0.389 e. The van der Waals surface area contributed by atoms with E-state index >= 15 is 0 Å². The van der Waals surface area contributed by atoms with Crippen LogP contribution in [0, 0.1) is 0 Å². The molecule has 2 aromatic heterocycles. The van der Waals surface area contributed by atoms with E-state index in [0.29, 0.717) is 6.54 Å². The van der Waals surface area contributed by atoms with Crippen LogP contribution in [0.3, 0.4) is 0 Å². The first-order valence-electron chi connectivity index (χ1n) is 9.15. The molecule has 2 N–H and O–H groups in total. The van der Waals surface area contributed by atoms with E-state index in [0.717, 1.165) is 53.5 Å². The summed E-state index contributed by atoms with van der Waals surface area (Å²) in [6.07, 6.45) is 6.47. The normalized spacial score (nSPS) is 21.5. The van der Waals surface area contributed by atoms with Gasteiger partial charge in [0.1, 0.15) is 5.82 Å². The van der Waals surface area contributed by atoms with E-state index < -0.39 is 0 Å². The minimum atomic E-state index is -0.289. The zero-order valence-electron chi connectivity index (χ0n) is 14.7. The number of nitrogens with zero attached hydrogens (tertiary/aromatic N) is 4. The maximum Gasteiger partial charge on any atom is 0.226 e. The number of benzene rings is 1. The molecule has 0 unspecified atom stereocenters. The lowest BCUT2D eigenvalue weighted by atomic mass is 10.0. The molecule has 0 spiro atoms. The number of rotatable bonds is 3. The van der Waals surface area contributed by atoms with Crippen LogP contribution in [0.4, 0.5) is 5.95 Å². The average Bonchev–Trinajstić information content (AvgIpc) is 3.36. The molecule has 1 saturated heterocycles. The molecule has 1 aliphatic carbocycles. The van der Waals surface area contributed by atoms with Crippen LogP contribution in [0.5, 0.6) is 0 Å². The van der Waals surface area contributed by atoms with E-state index in [2.05, 4.69) is 39.1 Å². The molecule has 0 bridgehead atoms. The van der Waals surface area contributed by atoms with Crippen molar-refractivity contribution in [3.63, 3.8) is 0 Å². The van der Waals surface area contributed by atoms with Crippen LogP contribution in [0.15, 0.2) is 36.7 Å². The smallest absolute Gasteiger partial charge is 0.226 e. The molecule has 5 rings (SSSR count). The predicted molar refractivity (Wildman–Crippen MR) is 99.9 cm³/mol. The third kappa shape index (κ3) is 2.41. The molecule has 132 valence electrons. The molecule has 1 aliphatic heterocycles. The van der Waals surface area contributed by atoms with Gasteiger partial charge in [0, 0.05) is 41.3 Å². The minimum absolute atomic E-state index is 0.0728. The topological polar surface area (TPSA) is 77.9 Å². The number of aryl methyl sites for hydroxylation is 1. The highest BCUT2D eigenvalue weighted by Crippen LogP contribution is 2.34. The van der Waals surface area contributed by atoms with Crippen LogP contribution >= 0.6 is 0 Å².